The molecule has 0 saturated carbocycles. The molecule has 2 nitrogen and oxygen atoms in total. The van der Waals surface area contributed by atoms with Gasteiger partial charge in [-0.05, 0) is 44.5 Å². The third-order valence-electron chi connectivity index (χ3n) is 4.16. The van der Waals surface area contributed by atoms with Gasteiger partial charge in [0.1, 0.15) is 5.82 Å². The molecule has 0 radical (unpaired) electrons. The maximum atomic E-state index is 13.3. The molecule has 0 spiro atoms. The molecule has 1 fully saturated rings. The van der Waals surface area contributed by atoms with E-state index in [1.54, 1.807) is 12.1 Å². The second kappa shape index (κ2) is 5.70. The summed E-state index contributed by atoms with van der Waals surface area (Å²) in [5, 5.41) is 3.46. The highest BCUT2D eigenvalue weighted by molar-refractivity contribution is 5.46. The molecule has 1 aliphatic heterocycles. The van der Waals surface area contributed by atoms with Crippen LogP contribution >= 0.6 is 0 Å². The van der Waals surface area contributed by atoms with E-state index in [0.717, 1.165) is 31.9 Å². The van der Waals surface area contributed by atoms with Gasteiger partial charge in [-0.15, -0.1) is 0 Å². The van der Waals surface area contributed by atoms with E-state index in [1.807, 2.05) is 6.07 Å². The van der Waals surface area contributed by atoms with Gasteiger partial charge in [-0.25, -0.2) is 4.39 Å². The summed E-state index contributed by atoms with van der Waals surface area (Å²) in [5.74, 6) is -0.152. The van der Waals surface area contributed by atoms with Crippen molar-refractivity contribution in [1.82, 2.24) is 5.32 Å². The molecule has 1 unspecified atom stereocenters. The van der Waals surface area contributed by atoms with Crippen molar-refractivity contribution in [2.75, 3.05) is 31.1 Å². The molecule has 18 heavy (non-hydrogen) atoms. The number of hydrogen-bond acceptors (Lipinski definition) is 2. The summed E-state index contributed by atoms with van der Waals surface area (Å²) in [5.41, 5.74) is 1.35. The van der Waals surface area contributed by atoms with Gasteiger partial charge in [-0.1, -0.05) is 13.0 Å². The Labute approximate surface area is 109 Å². The molecule has 1 aromatic rings. The zero-order valence-corrected chi connectivity index (χ0v) is 11.4. The highest BCUT2D eigenvalue weighted by atomic mass is 19.1. The van der Waals surface area contributed by atoms with Gasteiger partial charge in [0, 0.05) is 30.7 Å². The van der Waals surface area contributed by atoms with Crippen LogP contribution in [0.5, 0.6) is 0 Å². The monoisotopic (exact) mass is 250 g/mol. The molecular formula is C15H23FN2. The van der Waals surface area contributed by atoms with Gasteiger partial charge in [0.25, 0.3) is 0 Å². The Morgan fingerprint density at radius 1 is 1.39 bits per heavy atom. The summed E-state index contributed by atoms with van der Waals surface area (Å²) in [6.45, 7) is 8.51. The minimum absolute atomic E-state index is 0.152. The third-order valence-corrected chi connectivity index (χ3v) is 4.16. The van der Waals surface area contributed by atoms with Gasteiger partial charge in [-0.2, -0.15) is 0 Å². The van der Waals surface area contributed by atoms with Gasteiger partial charge in [0.15, 0.2) is 0 Å². The first-order chi connectivity index (χ1) is 8.69. The van der Waals surface area contributed by atoms with Crippen LogP contribution in [0.25, 0.3) is 0 Å². The quantitative estimate of drug-likeness (QED) is 0.864. The van der Waals surface area contributed by atoms with E-state index in [1.165, 1.54) is 18.9 Å². The fourth-order valence-corrected chi connectivity index (χ4v) is 2.81. The summed E-state index contributed by atoms with van der Waals surface area (Å²) >= 11 is 0. The van der Waals surface area contributed by atoms with Crippen LogP contribution in [0.4, 0.5) is 10.1 Å². The lowest BCUT2D eigenvalue weighted by Gasteiger charge is -2.35. The van der Waals surface area contributed by atoms with Gasteiger partial charge in [-0.3, -0.25) is 0 Å². The first-order valence-corrected chi connectivity index (χ1v) is 6.90. The molecule has 1 aliphatic rings. The number of rotatable bonds is 5. The Bertz CT molecular complexity index is 386. The molecule has 0 aliphatic carbocycles. The number of nitrogens with one attached hydrogen (secondary N) is 1. The molecule has 3 heteroatoms. The van der Waals surface area contributed by atoms with E-state index in [2.05, 4.69) is 24.1 Å². The Kier molecular flexibility index (Phi) is 4.23. The predicted molar refractivity (Wildman–Crippen MR) is 74.5 cm³/mol. The Morgan fingerprint density at radius 3 is 2.78 bits per heavy atom. The summed E-state index contributed by atoms with van der Waals surface area (Å²) < 4.78 is 13.3. The van der Waals surface area contributed by atoms with Crippen molar-refractivity contribution in [1.29, 1.82) is 0 Å². The average Bonchev–Trinajstić information content (AvgIpc) is 2.85. The predicted octanol–water partition coefficient (Wildman–Crippen LogP) is 3.04. The van der Waals surface area contributed by atoms with Crippen molar-refractivity contribution in [3.63, 3.8) is 0 Å². The minimum Gasteiger partial charge on any atom is -0.371 e. The van der Waals surface area contributed by atoms with Crippen molar-refractivity contribution >= 4 is 5.69 Å². The normalized spacial score (nSPS) is 23.3. The summed E-state index contributed by atoms with van der Waals surface area (Å²) in [4.78, 5) is 2.29. The molecule has 1 N–H and O–H groups in total. The van der Waals surface area contributed by atoms with E-state index in [9.17, 15) is 4.39 Å². The lowest BCUT2D eigenvalue weighted by Crippen LogP contribution is -2.39. The molecule has 1 aromatic carbocycles. The minimum atomic E-state index is -0.152. The second-order valence-corrected chi connectivity index (χ2v) is 5.27. The van der Waals surface area contributed by atoms with Crippen LogP contribution in [0.2, 0.25) is 0 Å². The molecule has 0 bridgehead atoms. The van der Waals surface area contributed by atoms with E-state index >= 15 is 0 Å². The topological polar surface area (TPSA) is 15.3 Å². The first-order valence-electron chi connectivity index (χ1n) is 6.90. The zero-order valence-electron chi connectivity index (χ0n) is 11.4. The molecule has 1 heterocycles. The van der Waals surface area contributed by atoms with Crippen LogP contribution in [0.1, 0.15) is 26.7 Å². The lowest BCUT2D eigenvalue weighted by atomic mass is 9.83. The van der Waals surface area contributed by atoms with Crippen molar-refractivity contribution in [3.05, 3.63) is 30.1 Å². The SMILES string of the molecule is CCN(CC1(CC)CCNC1)c1cccc(F)c1. The van der Waals surface area contributed by atoms with E-state index in [-0.39, 0.29) is 5.82 Å². The molecular weight excluding hydrogens is 227 g/mol. The molecule has 1 atom stereocenters. The Hall–Kier alpha value is -1.09. The average molecular weight is 250 g/mol. The van der Waals surface area contributed by atoms with Crippen LogP contribution in [-0.4, -0.2) is 26.2 Å². The van der Waals surface area contributed by atoms with Crippen LogP contribution in [-0.2, 0) is 0 Å². The number of anilines is 1. The summed E-state index contributed by atoms with van der Waals surface area (Å²) in [6, 6.07) is 6.93. The molecule has 2 rings (SSSR count). The van der Waals surface area contributed by atoms with Crippen LogP contribution < -0.4 is 10.2 Å². The van der Waals surface area contributed by atoms with Crippen LogP contribution in [0.15, 0.2) is 24.3 Å². The molecule has 0 amide bonds. The Balaban J connectivity index is 2.14. The van der Waals surface area contributed by atoms with Crippen molar-refractivity contribution in [2.24, 2.45) is 5.41 Å². The van der Waals surface area contributed by atoms with Crippen molar-refractivity contribution in [3.8, 4) is 0 Å². The highest BCUT2D eigenvalue weighted by Gasteiger charge is 2.33. The summed E-state index contributed by atoms with van der Waals surface area (Å²) in [6.07, 6.45) is 2.39. The van der Waals surface area contributed by atoms with E-state index < -0.39 is 0 Å². The number of hydrogen-bond donors (Lipinski definition) is 1. The number of nitrogens with zero attached hydrogens (tertiary/aromatic N) is 1. The van der Waals surface area contributed by atoms with E-state index in [4.69, 9.17) is 0 Å². The van der Waals surface area contributed by atoms with E-state index in [0.29, 0.717) is 5.41 Å². The largest absolute Gasteiger partial charge is 0.371 e. The third kappa shape index (κ3) is 2.83. The van der Waals surface area contributed by atoms with Gasteiger partial charge in [0.05, 0.1) is 0 Å². The zero-order chi connectivity index (χ0) is 13.0. The molecule has 100 valence electrons. The fourth-order valence-electron chi connectivity index (χ4n) is 2.81. The van der Waals surface area contributed by atoms with Gasteiger partial charge >= 0.3 is 0 Å². The number of benzene rings is 1. The van der Waals surface area contributed by atoms with Crippen molar-refractivity contribution in [2.45, 2.75) is 26.7 Å². The maximum absolute atomic E-state index is 13.3. The van der Waals surface area contributed by atoms with Crippen LogP contribution in [0.3, 0.4) is 0 Å². The van der Waals surface area contributed by atoms with Crippen molar-refractivity contribution < 1.29 is 4.39 Å². The Morgan fingerprint density at radius 2 is 2.22 bits per heavy atom. The molecule has 1 saturated heterocycles. The first kappa shape index (κ1) is 13.3. The number of halogens is 1. The standard InChI is InChI=1S/C15H23FN2/c1-3-15(8-9-17-11-15)12-18(4-2)14-7-5-6-13(16)10-14/h5-7,10,17H,3-4,8-9,11-12H2,1-2H3. The molecule has 0 aromatic heterocycles. The van der Waals surface area contributed by atoms with Gasteiger partial charge in [0.2, 0.25) is 0 Å². The second-order valence-electron chi connectivity index (χ2n) is 5.27. The smallest absolute Gasteiger partial charge is 0.125 e. The highest BCUT2D eigenvalue weighted by Crippen LogP contribution is 2.32. The lowest BCUT2D eigenvalue weighted by molar-refractivity contribution is 0.313. The van der Waals surface area contributed by atoms with Gasteiger partial charge < -0.3 is 10.2 Å². The summed E-state index contributed by atoms with van der Waals surface area (Å²) in [7, 11) is 0. The fraction of sp³-hybridized carbons (Fsp3) is 0.600. The van der Waals surface area contributed by atoms with Crippen LogP contribution in [0, 0.1) is 11.2 Å². The maximum Gasteiger partial charge on any atom is 0.125 e.